The van der Waals surface area contributed by atoms with Gasteiger partial charge < -0.3 is 19.9 Å². The normalized spacial score (nSPS) is 17.9. The first-order chi connectivity index (χ1) is 15.9. The zero-order valence-electron chi connectivity index (χ0n) is 18.4. The molecule has 33 heavy (non-hydrogen) atoms. The van der Waals surface area contributed by atoms with Gasteiger partial charge in [0, 0.05) is 24.7 Å². The third kappa shape index (κ3) is 4.76. The van der Waals surface area contributed by atoms with Crippen LogP contribution in [0.2, 0.25) is 0 Å². The molecule has 9 nitrogen and oxygen atoms in total. The van der Waals surface area contributed by atoms with Crippen molar-refractivity contribution in [2.24, 2.45) is 7.05 Å². The predicted octanol–water partition coefficient (Wildman–Crippen LogP) is 4.07. The number of halogens is 1. The van der Waals surface area contributed by atoms with Crippen molar-refractivity contribution in [2.75, 3.05) is 17.7 Å². The summed E-state index contributed by atoms with van der Waals surface area (Å²) in [6.07, 6.45) is 5.40. The Morgan fingerprint density at radius 2 is 2.18 bits per heavy atom. The van der Waals surface area contributed by atoms with Crippen molar-refractivity contribution in [3.63, 3.8) is 0 Å². The summed E-state index contributed by atoms with van der Waals surface area (Å²) in [5.74, 6) is 1.53. The molecule has 1 amide bonds. The van der Waals surface area contributed by atoms with Crippen LogP contribution in [0.25, 0.3) is 11.0 Å². The number of anilines is 2. The molecule has 0 aliphatic heterocycles. The first kappa shape index (κ1) is 22.6. The number of nitriles is 1. The maximum absolute atomic E-state index is 11.8. The number of aromatic nitrogens is 4. The standard InChI is InChI=1S/C23H24ClN7O2/c1-13(24)21(32)27-17-7-8-19-18(10-17)29-20(31(19)2)14-5-4-6-16(9-14)28-23-26-12-15(11-25)22(30-23)33-3/h7-8,10,12,14,16H,1,4-6,9H2,2-3H3,(H,27,32)(H,26,28,30)/t14-,16+/m0/s1. The van der Waals surface area contributed by atoms with Crippen LogP contribution in [0.3, 0.4) is 0 Å². The third-order valence-electron chi connectivity index (χ3n) is 5.86. The molecule has 1 aromatic carbocycles. The first-order valence-electron chi connectivity index (χ1n) is 10.6. The minimum atomic E-state index is -0.435. The lowest BCUT2D eigenvalue weighted by Gasteiger charge is -2.29. The molecule has 4 rings (SSSR count). The minimum Gasteiger partial charge on any atom is -0.480 e. The fourth-order valence-electron chi connectivity index (χ4n) is 4.27. The van der Waals surface area contributed by atoms with Crippen LogP contribution in [0, 0.1) is 11.3 Å². The van der Waals surface area contributed by atoms with E-state index in [4.69, 9.17) is 26.6 Å². The lowest BCUT2D eigenvalue weighted by Crippen LogP contribution is -2.28. The van der Waals surface area contributed by atoms with Crippen LogP contribution in [-0.4, -0.2) is 38.6 Å². The quantitative estimate of drug-likeness (QED) is 0.526. The van der Waals surface area contributed by atoms with Crippen molar-refractivity contribution in [3.8, 4) is 11.9 Å². The molecule has 170 valence electrons. The highest BCUT2D eigenvalue weighted by Gasteiger charge is 2.27. The van der Waals surface area contributed by atoms with Crippen molar-refractivity contribution >= 4 is 40.2 Å². The number of aryl methyl sites for hydroxylation is 1. The average Bonchev–Trinajstić information content (AvgIpc) is 3.14. The van der Waals surface area contributed by atoms with Crippen molar-refractivity contribution in [1.82, 2.24) is 19.5 Å². The van der Waals surface area contributed by atoms with Gasteiger partial charge in [0.25, 0.3) is 5.91 Å². The Kier molecular flexibility index (Phi) is 6.47. The van der Waals surface area contributed by atoms with Gasteiger partial charge in [0.15, 0.2) is 0 Å². The highest BCUT2D eigenvalue weighted by molar-refractivity contribution is 6.43. The van der Waals surface area contributed by atoms with E-state index >= 15 is 0 Å². The Balaban J connectivity index is 1.52. The van der Waals surface area contributed by atoms with Gasteiger partial charge in [-0.2, -0.15) is 10.2 Å². The van der Waals surface area contributed by atoms with Crippen molar-refractivity contribution in [3.05, 3.63) is 47.4 Å². The number of methoxy groups -OCH3 is 1. The molecule has 0 bridgehead atoms. The van der Waals surface area contributed by atoms with Gasteiger partial charge in [-0.25, -0.2) is 9.97 Å². The number of hydrogen-bond donors (Lipinski definition) is 2. The van der Waals surface area contributed by atoms with Gasteiger partial charge in [-0.15, -0.1) is 0 Å². The smallest absolute Gasteiger partial charge is 0.266 e. The van der Waals surface area contributed by atoms with Crippen molar-refractivity contribution in [1.29, 1.82) is 5.26 Å². The van der Waals surface area contributed by atoms with Crippen LogP contribution >= 0.6 is 11.6 Å². The van der Waals surface area contributed by atoms with Crippen molar-refractivity contribution in [2.45, 2.75) is 37.6 Å². The molecule has 0 radical (unpaired) electrons. The molecule has 2 heterocycles. The second-order valence-corrected chi connectivity index (χ2v) is 8.48. The maximum Gasteiger partial charge on any atom is 0.266 e. The first-order valence-corrected chi connectivity index (χ1v) is 11.0. The highest BCUT2D eigenvalue weighted by atomic mass is 35.5. The number of amides is 1. The number of fused-ring (bicyclic) bond motifs is 1. The number of nitrogens with one attached hydrogen (secondary N) is 2. The van der Waals surface area contributed by atoms with Gasteiger partial charge in [-0.1, -0.05) is 24.6 Å². The lowest BCUT2D eigenvalue weighted by molar-refractivity contribution is -0.112. The van der Waals surface area contributed by atoms with Gasteiger partial charge in [0.05, 0.1) is 29.4 Å². The second kappa shape index (κ2) is 9.46. The monoisotopic (exact) mass is 465 g/mol. The largest absolute Gasteiger partial charge is 0.480 e. The van der Waals surface area contributed by atoms with Crippen LogP contribution in [-0.2, 0) is 11.8 Å². The Morgan fingerprint density at radius 1 is 1.36 bits per heavy atom. The van der Waals surface area contributed by atoms with E-state index in [2.05, 4.69) is 31.7 Å². The number of carbonyl (C=O) groups excluding carboxylic acids is 1. The van der Waals surface area contributed by atoms with Gasteiger partial charge in [-0.05, 0) is 37.5 Å². The average molecular weight is 466 g/mol. The summed E-state index contributed by atoms with van der Waals surface area (Å²) < 4.78 is 7.29. The van der Waals surface area contributed by atoms with E-state index in [1.807, 2.05) is 31.3 Å². The summed E-state index contributed by atoms with van der Waals surface area (Å²) in [5.41, 5.74) is 2.72. The Bertz CT molecular complexity index is 1260. The number of benzene rings is 1. The molecule has 1 aliphatic rings. The van der Waals surface area contributed by atoms with Gasteiger partial charge in [-0.3, -0.25) is 4.79 Å². The zero-order valence-corrected chi connectivity index (χ0v) is 19.2. The SMILES string of the molecule is C=C(Cl)C(=O)Nc1ccc2c(c1)nc([C@H]1CCC[C@@H](Nc3ncc(C#N)c(OC)n3)C1)n2C. The molecule has 2 aromatic heterocycles. The van der Waals surface area contributed by atoms with Crippen LogP contribution in [0.4, 0.5) is 11.6 Å². The molecule has 1 fully saturated rings. The molecular weight excluding hydrogens is 442 g/mol. The van der Waals surface area contributed by atoms with Crippen LogP contribution in [0.15, 0.2) is 36.0 Å². The van der Waals surface area contributed by atoms with Crippen molar-refractivity contribution < 1.29 is 9.53 Å². The molecule has 1 aliphatic carbocycles. The Hall–Kier alpha value is -3.64. The molecule has 3 aromatic rings. The van der Waals surface area contributed by atoms with Crippen LogP contribution in [0.1, 0.15) is 43.0 Å². The van der Waals surface area contributed by atoms with E-state index in [9.17, 15) is 4.79 Å². The fraction of sp³-hybridized carbons (Fsp3) is 0.348. The summed E-state index contributed by atoms with van der Waals surface area (Å²) in [5, 5.41) is 15.2. The number of ether oxygens (including phenoxy) is 1. The van der Waals surface area contributed by atoms with E-state index in [1.54, 1.807) is 0 Å². The summed E-state index contributed by atoms with van der Waals surface area (Å²) in [6, 6.07) is 7.80. The van der Waals surface area contributed by atoms with Crippen LogP contribution in [0.5, 0.6) is 5.88 Å². The molecule has 2 N–H and O–H groups in total. The van der Waals surface area contributed by atoms with E-state index in [1.165, 1.54) is 13.3 Å². The molecule has 0 unspecified atom stereocenters. The number of carbonyl (C=O) groups is 1. The molecule has 1 saturated carbocycles. The highest BCUT2D eigenvalue weighted by Crippen LogP contribution is 2.35. The van der Waals surface area contributed by atoms with Gasteiger partial charge in [0.1, 0.15) is 17.5 Å². The van der Waals surface area contributed by atoms with E-state index in [0.717, 1.165) is 42.5 Å². The van der Waals surface area contributed by atoms with E-state index in [-0.39, 0.29) is 22.9 Å². The number of rotatable bonds is 6. The lowest BCUT2D eigenvalue weighted by atomic mass is 9.85. The van der Waals surface area contributed by atoms with Crippen LogP contribution < -0.4 is 15.4 Å². The van der Waals surface area contributed by atoms with Gasteiger partial charge >= 0.3 is 0 Å². The fourth-order valence-corrected chi connectivity index (χ4v) is 4.31. The minimum absolute atomic E-state index is 0.0681. The Labute approximate surface area is 196 Å². The molecule has 0 saturated heterocycles. The Morgan fingerprint density at radius 3 is 2.91 bits per heavy atom. The third-order valence-corrected chi connectivity index (χ3v) is 6.03. The maximum atomic E-state index is 11.8. The molecule has 2 atom stereocenters. The molecular formula is C23H24ClN7O2. The topological polar surface area (TPSA) is 118 Å². The molecule has 0 spiro atoms. The van der Waals surface area contributed by atoms with E-state index < -0.39 is 5.91 Å². The summed E-state index contributed by atoms with van der Waals surface area (Å²) in [4.78, 5) is 25.3. The predicted molar refractivity (Wildman–Crippen MR) is 126 cm³/mol. The van der Waals surface area contributed by atoms with Gasteiger partial charge in [0.2, 0.25) is 11.8 Å². The summed E-state index contributed by atoms with van der Waals surface area (Å²) >= 11 is 5.67. The summed E-state index contributed by atoms with van der Waals surface area (Å²) in [6.45, 7) is 3.45. The number of nitrogens with zero attached hydrogens (tertiary/aromatic N) is 5. The second-order valence-electron chi connectivity index (χ2n) is 8.02. The number of imidazole rings is 1. The number of hydrogen-bond acceptors (Lipinski definition) is 7. The zero-order chi connectivity index (χ0) is 23.5. The summed E-state index contributed by atoms with van der Waals surface area (Å²) in [7, 11) is 3.49. The van der Waals surface area contributed by atoms with E-state index in [0.29, 0.717) is 17.2 Å². The molecule has 10 heteroatoms.